The molecule has 1 unspecified atom stereocenters. The number of nitrogens with zero attached hydrogens (tertiary/aromatic N) is 1. The molecule has 0 bridgehead atoms. The molecule has 6 heteroatoms. The Hall–Kier alpha value is -2.08. The lowest BCUT2D eigenvalue weighted by atomic mass is 10.1. The summed E-state index contributed by atoms with van der Waals surface area (Å²) in [5.41, 5.74) is 7.42. The van der Waals surface area contributed by atoms with Crippen LogP contribution >= 0.6 is 0 Å². The lowest BCUT2D eigenvalue weighted by Gasteiger charge is -2.22. The van der Waals surface area contributed by atoms with Crippen LogP contribution in [0.25, 0.3) is 0 Å². The van der Waals surface area contributed by atoms with Gasteiger partial charge in [-0.25, -0.2) is 0 Å². The zero-order valence-corrected chi connectivity index (χ0v) is 13.1. The minimum absolute atomic E-state index is 0.00238. The number of nitrogens with two attached hydrogens (primary N) is 1. The number of carbonyl (C=O) groups excluding carboxylic acids is 2. The van der Waals surface area contributed by atoms with Crippen LogP contribution < -0.4 is 20.7 Å². The summed E-state index contributed by atoms with van der Waals surface area (Å²) in [6.45, 7) is 4.77. The molecule has 0 saturated carbocycles. The number of hydrogen-bond donors (Lipinski definition) is 2. The molecule has 0 aromatic heterocycles. The van der Waals surface area contributed by atoms with Crippen LogP contribution in [0.5, 0.6) is 5.75 Å². The van der Waals surface area contributed by atoms with Crippen LogP contribution in [0.1, 0.15) is 38.3 Å². The number of carbonyl (C=O) groups is 2. The van der Waals surface area contributed by atoms with Crippen LogP contribution in [0.4, 0.5) is 5.69 Å². The molecule has 0 aliphatic carbocycles. The van der Waals surface area contributed by atoms with Gasteiger partial charge in [-0.3, -0.25) is 14.5 Å². The van der Waals surface area contributed by atoms with Crippen LogP contribution in [-0.4, -0.2) is 31.5 Å². The fraction of sp³-hybridized carbons (Fsp3) is 0.500. The van der Waals surface area contributed by atoms with E-state index < -0.39 is 0 Å². The second kappa shape index (κ2) is 7.26. The summed E-state index contributed by atoms with van der Waals surface area (Å²) in [5, 5.41) is 2.79. The molecular formula is C16H23N3O3. The third kappa shape index (κ3) is 3.76. The Kier molecular flexibility index (Phi) is 5.38. The van der Waals surface area contributed by atoms with Gasteiger partial charge in [0.25, 0.3) is 0 Å². The lowest BCUT2D eigenvalue weighted by molar-refractivity contribution is -0.123. The van der Waals surface area contributed by atoms with Crippen molar-refractivity contribution >= 4 is 17.5 Å². The van der Waals surface area contributed by atoms with E-state index in [4.69, 9.17) is 10.5 Å². The van der Waals surface area contributed by atoms with Gasteiger partial charge in [0.1, 0.15) is 12.3 Å². The van der Waals surface area contributed by atoms with E-state index in [-0.39, 0.29) is 30.8 Å². The summed E-state index contributed by atoms with van der Waals surface area (Å²) < 4.78 is 5.61. The van der Waals surface area contributed by atoms with Gasteiger partial charge < -0.3 is 15.8 Å². The largest absolute Gasteiger partial charge is 0.491 e. The van der Waals surface area contributed by atoms with E-state index in [0.717, 1.165) is 12.0 Å². The zero-order chi connectivity index (χ0) is 16.1. The van der Waals surface area contributed by atoms with Crippen molar-refractivity contribution < 1.29 is 14.3 Å². The van der Waals surface area contributed by atoms with Gasteiger partial charge in [-0.15, -0.1) is 0 Å². The standard InChI is InChI=1S/C16H23N3O3/c1-3-7-18-15(20)10-19-13-9-12(11(2)17)4-5-14(13)22-8-6-16(19)21/h4-5,9,11H,3,6-8,10,17H2,1-2H3,(H,18,20). The Morgan fingerprint density at radius 2 is 2.27 bits per heavy atom. The number of amides is 2. The first kappa shape index (κ1) is 16.3. The molecular weight excluding hydrogens is 282 g/mol. The van der Waals surface area contributed by atoms with Crippen LogP contribution in [-0.2, 0) is 9.59 Å². The molecule has 1 aromatic rings. The summed E-state index contributed by atoms with van der Waals surface area (Å²) in [6, 6.07) is 5.37. The van der Waals surface area contributed by atoms with Crippen LogP contribution in [0.2, 0.25) is 0 Å². The van der Waals surface area contributed by atoms with Crippen molar-refractivity contribution in [1.29, 1.82) is 0 Å². The van der Waals surface area contributed by atoms with Crippen molar-refractivity contribution in [3.63, 3.8) is 0 Å². The molecule has 2 rings (SSSR count). The first-order chi connectivity index (χ1) is 10.5. The molecule has 1 aliphatic rings. The van der Waals surface area contributed by atoms with Crippen molar-refractivity contribution in [3.05, 3.63) is 23.8 Å². The highest BCUT2D eigenvalue weighted by Crippen LogP contribution is 2.33. The number of hydrogen-bond acceptors (Lipinski definition) is 4. The SMILES string of the molecule is CCCNC(=O)CN1C(=O)CCOc2ccc(C(C)N)cc21. The van der Waals surface area contributed by atoms with Gasteiger partial charge in [0.15, 0.2) is 0 Å². The monoisotopic (exact) mass is 305 g/mol. The number of rotatable bonds is 5. The number of benzene rings is 1. The normalized spacial score (nSPS) is 15.6. The first-order valence-corrected chi connectivity index (χ1v) is 7.62. The van der Waals surface area contributed by atoms with Gasteiger partial charge in [0, 0.05) is 12.6 Å². The summed E-state index contributed by atoms with van der Waals surface area (Å²) >= 11 is 0. The van der Waals surface area contributed by atoms with Gasteiger partial charge in [-0.2, -0.15) is 0 Å². The molecule has 0 saturated heterocycles. The van der Waals surface area contributed by atoms with Crippen LogP contribution in [0.15, 0.2) is 18.2 Å². The molecule has 1 aliphatic heterocycles. The van der Waals surface area contributed by atoms with Gasteiger partial charge in [-0.05, 0) is 31.0 Å². The molecule has 120 valence electrons. The molecule has 22 heavy (non-hydrogen) atoms. The van der Waals surface area contributed by atoms with E-state index in [2.05, 4.69) is 5.32 Å². The predicted molar refractivity (Wildman–Crippen MR) is 84.8 cm³/mol. The fourth-order valence-electron chi connectivity index (χ4n) is 2.31. The maximum absolute atomic E-state index is 12.3. The minimum Gasteiger partial charge on any atom is -0.491 e. The average Bonchev–Trinajstić information content (AvgIpc) is 2.64. The highest BCUT2D eigenvalue weighted by Gasteiger charge is 2.25. The minimum atomic E-state index is -0.172. The topological polar surface area (TPSA) is 84.7 Å². The van der Waals surface area contributed by atoms with Gasteiger partial charge >= 0.3 is 0 Å². The van der Waals surface area contributed by atoms with Crippen LogP contribution in [0, 0.1) is 0 Å². The van der Waals surface area contributed by atoms with E-state index >= 15 is 0 Å². The summed E-state index contributed by atoms with van der Waals surface area (Å²) in [4.78, 5) is 25.8. The quantitative estimate of drug-likeness (QED) is 0.860. The third-order valence-corrected chi connectivity index (χ3v) is 3.55. The molecule has 1 aromatic carbocycles. The summed E-state index contributed by atoms with van der Waals surface area (Å²) in [5.74, 6) is 0.319. The molecule has 1 atom stereocenters. The maximum atomic E-state index is 12.3. The maximum Gasteiger partial charge on any atom is 0.240 e. The smallest absolute Gasteiger partial charge is 0.240 e. The van der Waals surface area contributed by atoms with Crippen molar-refractivity contribution in [2.24, 2.45) is 5.73 Å². The van der Waals surface area contributed by atoms with E-state index in [1.165, 1.54) is 4.90 Å². The van der Waals surface area contributed by atoms with E-state index in [1.807, 2.05) is 32.0 Å². The first-order valence-electron chi connectivity index (χ1n) is 7.62. The summed E-state index contributed by atoms with van der Waals surface area (Å²) in [7, 11) is 0. The Bertz CT molecular complexity index is 558. The van der Waals surface area contributed by atoms with E-state index in [1.54, 1.807) is 0 Å². The van der Waals surface area contributed by atoms with Gasteiger partial charge in [0.2, 0.25) is 11.8 Å². The highest BCUT2D eigenvalue weighted by molar-refractivity contribution is 6.00. The molecule has 2 amide bonds. The van der Waals surface area contributed by atoms with E-state index in [9.17, 15) is 9.59 Å². The Morgan fingerprint density at radius 3 is 2.95 bits per heavy atom. The molecule has 1 heterocycles. The number of nitrogens with one attached hydrogen (secondary N) is 1. The molecule has 0 fully saturated rings. The van der Waals surface area contributed by atoms with E-state index in [0.29, 0.717) is 24.6 Å². The fourth-order valence-corrected chi connectivity index (χ4v) is 2.31. The highest BCUT2D eigenvalue weighted by atomic mass is 16.5. The average molecular weight is 305 g/mol. The Balaban J connectivity index is 2.29. The third-order valence-electron chi connectivity index (χ3n) is 3.55. The second-order valence-corrected chi connectivity index (χ2v) is 5.44. The van der Waals surface area contributed by atoms with Crippen LogP contribution in [0.3, 0.4) is 0 Å². The second-order valence-electron chi connectivity index (χ2n) is 5.44. The van der Waals surface area contributed by atoms with Gasteiger partial charge in [-0.1, -0.05) is 13.0 Å². The Labute approximate surface area is 130 Å². The van der Waals surface area contributed by atoms with Gasteiger partial charge in [0.05, 0.1) is 18.7 Å². The lowest BCUT2D eigenvalue weighted by Crippen LogP contribution is -2.40. The zero-order valence-electron chi connectivity index (χ0n) is 13.1. The molecule has 3 N–H and O–H groups in total. The molecule has 0 spiro atoms. The number of ether oxygens (including phenoxy) is 1. The predicted octanol–water partition coefficient (Wildman–Crippen LogP) is 1.35. The molecule has 6 nitrogen and oxygen atoms in total. The van der Waals surface area contributed by atoms with Crippen molar-refractivity contribution in [3.8, 4) is 5.75 Å². The molecule has 0 radical (unpaired) electrons. The number of fused-ring (bicyclic) bond motifs is 1. The van der Waals surface area contributed by atoms with Crippen molar-refractivity contribution in [2.45, 2.75) is 32.7 Å². The van der Waals surface area contributed by atoms with Crippen molar-refractivity contribution in [2.75, 3.05) is 24.6 Å². The van der Waals surface area contributed by atoms with Crippen molar-refractivity contribution in [1.82, 2.24) is 5.32 Å². The number of anilines is 1. The Morgan fingerprint density at radius 1 is 1.50 bits per heavy atom. The summed E-state index contributed by atoms with van der Waals surface area (Å²) in [6.07, 6.45) is 1.11.